The molecule has 0 unspecified atom stereocenters. The number of methoxy groups -OCH3 is 1. The molecule has 39 heavy (non-hydrogen) atoms. The van der Waals surface area contributed by atoms with Gasteiger partial charge in [-0.3, -0.25) is 14.2 Å². The number of rotatable bonds is 9. The van der Waals surface area contributed by atoms with Gasteiger partial charge in [0.15, 0.2) is 0 Å². The van der Waals surface area contributed by atoms with Gasteiger partial charge >= 0.3 is 0 Å². The van der Waals surface area contributed by atoms with Crippen LogP contribution in [-0.4, -0.2) is 29.9 Å². The van der Waals surface area contributed by atoms with Gasteiger partial charge in [0.1, 0.15) is 5.75 Å². The first kappa shape index (κ1) is 27.7. The first-order valence-electron chi connectivity index (χ1n) is 11.8. The van der Waals surface area contributed by atoms with Gasteiger partial charge in [-0.05, 0) is 92.2 Å². The average Bonchev–Trinajstić information content (AvgIpc) is 2.90. The molecule has 11 heteroatoms. The lowest BCUT2D eigenvalue weighted by atomic mass is 10.1. The monoisotopic (exact) mass is 565 g/mol. The summed E-state index contributed by atoms with van der Waals surface area (Å²) in [7, 11) is -6.18. The summed E-state index contributed by atoms with van der Waals surface area (Å²) in [6.07, 6.45) is 0. The number of sulfonamides is 2. The normalized spacial score (nSPS) is 11.5. The van der Waals surface area contributed by atoms with Crippen molar-refractivity contribution in [2.24, 2.45) is 0 Å². The molecule has 9 nitrogen and oxygen atoms in total. The second kappa shape index (κ2) is 11.2. The third-order valence-corrected chi connectivity index (χ3v) is 8.70. The fourth-order valence-electron chi connectivity index (χ4n) is 3.70. The quantitative estimate of drug-likeness (QED) is 0.257. The van der Waals surface area contributed by atoms with Gasteiger partial charge in [-0.15, -0.1) is 0 Å². The summed E-state index contributed by atoms with van der Waals surface area (Å²) in [6.45, 7) is 3.50. The maximum Gasteiger partial charge on any atom is 0.261 e. The Balaban J connectivity index is 1.47. The summed E-state index contributed by atoms with van der Waals surface area (Å²) < 4.78 is 61.2. The van der Waals surface area contributed by atoms with E-state index in [2.05, 4.69) is 14.8 Å². The SMILES string of the molecule is COc1ccc(NS(=O)(=O)c2ccc(NC(=O)c3cccc(NS(=O)(=O)c4ccc(C)cc4)c3C)cc2)cc1. The number of nitrogens with one attached hydrogen (secondary N) is 3. The third kappa shape index (κ3) is 6.57. The Morgan fingerprint density at radius 2 is 1.21 bits per heavy atom. The van der Waals surface area contributed by atoms with Crippen molar-refractivity contribution in [3.05, 3.63) is 108 Å². The maximum atomic E-state index is 13.0. The standard InChI is InChI=1S/C28H27N3O6S2/c1-19-7-15-24(16-8-19)39(35,36)31-27-6-4-5-26(20(27)2)28(32)29-21-11-17-25(18-12-21)38(33,34)30-22-9-13-23(37-3)14-10-22/h4-18,30-31H,1-3H3,(H,29,32). The van der Waals surface area contributed by atoms with Crippen LogP contribution in [0.3, 0.4) is 0 Å². The van der Waals surface area contributed by atoms with E-state index < -0.39 is 26.0 Å². The first-order chi connectivity index (χ1) is 18.5. The van der Waals surface area contributed by atoms with Crippen LogP contribution in [0.2, 0.25) is 0 Å². The summed E-state index contributed by atoms with van der Waals surface area (Å²) in [5, 5.41) is 2.72. The van der Waals surface area contributed by atoms with Crippen LogP contribution >= 0.6 is 0 Å². The predicted octanol–water partition coefficient (Wildman–Crippen LogP) is 5.17. The van der Waals surface area contributed by atoms with Gasteiger partial charge in [0.2, 0.25) is 0 Å². The van der Waals surface area contributed by atoms with E-state index in [1.165, 1.54) is 43.5 Å². The molecule has 4 aromatic rings. The molecule has 3 N–H and O–H groups in total. The van der Waals surface area contributed by atoms with E-state index in [1.54, 1.807) is 61.5 Å². The van der Waals surface area contributed by atoms with Crippen molar-refractivity contribution in [1.82, 2.24) is 0 Å². The highest BCUT2D eigenvalue weighted by Gasteiger charge is 2.19. The fourth-order valence-corrected chi connectivity index (χ4v) is 5.88. The molecule has 0 aliphatic carbocycles. The predicted molar refractivity (Wildman–Crippen MR) is 151 cm³/mol. The van der Waals surface area contributed by atoms with Crippen molar-refractivity contribution >= 4 is 43.0 Å². The van der Waals surface area contributed by atoms with Crippen molar-refractivity contribution in [3.63, 3.8) is 0 Å². The summed E-state index contributed by atoms with van der Waals surface area (Å²) in [6, 6.07) is 23.3. The molecular formula is C28H27N3O6S2. The number of anilines is 3. The van der Waals surface area contributed by atoms with Crippen molar-refractivity contribution in [1.29, 1.82) is 0 Å². The van der Waals surface area contributed by atoms with E-state index in [4.69, 9.17) is 4.74 Å². The van der Waals surface area contributed by atoms with Crippen LogP contribution in [0.4, 0.5) is 17.1 Å². The molecule has 4 aromatic carbocycles. The van der Waals surface area contributed by atoms with Gasteiger partial charge in [-0.2, -0.15) is 0 Å². The van der Waals surface area contributed by atoms with Crippen LogP contribution in [0.1, 0.15) is 21.5 Å². The van der Waals surface area contributed by atoms with Gasteiger partial charge in [0.05, 0.1) is 22.6 Å². The molecule has 0 aliphatic rings. The van der Waals surface area contributed by atoms with Crippen molar-refractivity contribution in [3.8, 4) is 5.75 Å². The van der Waals surface area contributed by atoms with E-state index in [0.717, 1.165) is 5.56 Å². The highest BCUT2D eigenvalue weighted by Crippen LogP contribution is 2.25. The number of carbonyl (C=O) groups is 1. The Bertz CT molecular complexity index is 1700. The average molecular weight is 566 g/mol. The molecule has 0 saturated carbocycles. The van der Waals surface area contributed by atoms with Gasteiger partial charge in [0.25, 0.3) is 26.0 Å². The number of hydrogen-bond donors (Lipinski definition) is 3. The Morgan fingerprint density at radius 3 is 1.79 bits per heavy atom. The van der Waals surface area contributed by atoms with Crippen LogP contribution in [-0.2, 0) is 20.0 Å². The molecule has 0 aliphatic heterocycles. The van der Waals surface area contributed by atoms with E-state index >= 15 is 0 Å². The number of carbonyl (C=O) groups excluding carboxylic acids is 1. The summed E-state index contributed by atoms with van der Waals surface area (Å²) >= 11 is 0. The third-order valence-electron chi connectivity index (χ3n) is 5.92. The van der Waals surface area contributed by atoms with Crippen LogP contribution in [0.25, 0.3) is 0 Å². The second-order valence-electron chi connectivity index (χ2n) is 8.71. The zero-order valence-electron chi connectivity index (χ0n) is 21.4. The smallest absolute Gasteiger partial charge is 0.261 e. The number of amides is 1. The highest BCUT2D eigenvalue weighted by molar-refractivity contribution is 7.93. The molecule has 0 aromatic heterocycles. The Hall–Kier alpha value is -4.35. The van der Waals surface area contributed by atoms with Crippen molar-refractivity contribution in [2.45, 2.75) is 23.6 Å². The number of aryl methyl sites for hydroxylation is 1. The molecule has 0 saturated heterocycles. The Kier molecular flexibility index (Phi) is 7.93. The van der Waals surface area contributed by atoms with Crippen LogP contribution in [0.15, 0.2) is 101 Å². The Labute approximate surface area is 228 Å². The maximum absolute atomic E-state index is 13.0. The van der Waals surface area contributed by atoms with E-state index in [9.17, 15) is 21.6 Å². The molecule has 1 amide bonds. The first-order valence-corrected chi connectivity index (χ1v) is 14.7. The van der Waals surface area contributed by atoms with E-state index in [-0.39, 0.29) is 21.0 Å². The summed E-state index contributed by atoms with van der Waals surface area (Å²) in [5.41, 5.74) is 2.65. The summed E-state index contributed by atoms with van der Waals surface area (Å²) in [5.74, 6) is 0.123. The molecule has 0 atom stereocenters. The minimum Gasteiger partial charge on any atom is -0.497 e. The molecule has 4 rings (SSSR count). The molecule has 0 spiro atoms. The van der Waals surface area contributed by atoms with Gasteiger partial charge in [-0.25, -0.2) is 16.8 Å². The minimum absolute atomic E-state index is 0.0139. The van der Waals surface area contributed by atoms with E-state index in [1.807, 2.05) is 6.92 Å². The number of hydrogen-bond acceptors (Lipinski definition) is 6. The second-order valence-corrected chi connectivity index (χ2v) is 12.1. The lowest BCUT2D eigenvalue weighted by Crippen LogP contribution is -2.17. The van der Waals surface area contributed by atoms with Crippen molar-refractivity contribution in [2.75, 3.05) is 21.9 Å². The molecule has 0 radical (unpaired) electrons. The van der Waals surface area contributed by atoms with Crippen LogP contribution in [0, 0.1) is 13.8 Å². The lowest BCUT2D eigenvalue weighted by molar-refractivity contribution is 0.102. The Morgan fingerprint density at radius 1 is 0.667 bits per heavy atom. The van der Waals surface area contributed by atoms with E-state index in [0.29, 0.717) is 22.7 Å². The zero-order chi connectivity index (χ0) is 28.2. The number of ether oxygens (including phenoxy) is 1. The number of benzene rings is 4. The molecule has 0 bridgehead atoms. The zero-order valence-corrected chi connectivity index (χ0v) is 23.1. The molecule has 0 fully saturated rings. The largest absolute Gasteiger partial charge is 0.497 e. The van der Waals surface area contributed by atoms with Gasteiger partial charge in [-0.1, -0.05) is 23.8 Å². The van der Waals surface area contributed by atoms with Crippen molar-refractivity contribution < 1.29 is 26.4 Å². The lowest BCUT2D eigenvalue weighted by Gasteiger charge is -2.14. The topological polar surface area (TPSA) is 131 Å². The molecular weight excluding hydrogens is 538 g/mol. The van der Waals surface area contributed by atoms with Gasteiger partial charge < -0.3 is 10.1 Å². The molecule has 0 heterocycles. The highest BCUT2D eigenvalue weighted by atomic mass is 32.2. The van der Waals surface area contributed by atoms with Gasteiger partial charge in [0, 0.05) is 16.9 Å². The fraction of sp³-hybridized carbons (Fsp3) is 0.107. The molecule has 202 valence electrons. The minimum atomic E-state index is -3.85. The summed E-state index contributed by atoms with van der Waals surface area (Å²) in [4.78, 5) is 13.1. The van der Waals surface area contributed by atoms with Crippen LogP contribution in [0.5, 0.6) is 5.75 Å². The van der Waals surface area contributed by atoms with Crippen LogP contribution < -0.4 is 19.5 Å².